The molecule has 0 saturated carbocycles. The van der Waals surface area contributed by atoms with Crippen molar-refractivity contribution in [2.24, 2.45) is 17.8 Å². The van der Waals surface area contributed by atoms with E-state index in [1.165, 1.54) is 10.4 Å². The van der Waals surface area contributed by atoms with E-state index in [2.05, 4.69) is 0 Å². The second kappa shape index (κ2) is 9.40. The average Bonchev–Trinajstić information content (AvgIpc) is 2.41. The molecule has 0 aliphatic carbocycles. The van der Waals surface area contributed by atoms with Gasteiger partial charge in [0, 0.05) is 33.0 Å². The summed E-state index contributed by atoms with van der Waals surface area (Å²) in [5, 5.41) is 8.78. The molecule has 0 saturated heterocycles. The molecule has 0 radical (unpaired) electrons. The molecule has 0 aromatic heterocycles. The Morgan fingerprint density at radius 2 is 1.59 bits per heavy atom. The van der Waals surface area contributed by atoms with Crippen LogP contribution in [-0.4, -0.2) is 53.5 Å². The number of nitrogens with one attached hydrogen (secondary N) is 1. The third-order valence-corrected chi connectivity index (χ3v) is 3.16. The van der Waals surface area contributed by atoms with Gasteiger partial charge >= 0.3 is 6.03 Å². The Hall–Kier alpha value is -1.63. The van der Waals surface area contributed by atoms with E-state index in [9.17, 15) is 14.4 Å². The summed E-state index contributed by atoms with van der Waals surface area (Å²) in [7, 11) is 3.29. The third kappa shape index (κ3) is 6.89. The summed E-state index contributed by atoms with van der Waals surface area (Å²) < 4.78 is 0. The van der Waals surface area contributed by atoms with Crippen molar-refractivity contribution >= 4 is 17.8 Å². The Labute approximate surface area is 132 Å². The fourth-order valence-electron chi connectivity index (χ4n) is 2.25. The van der Waals surface area contributed by atoms with Crippen molar-refractivity contribution in [3.8, 4) is 0 Å². The lowest BCUT2D eigenvalue weighted by Crippen LogP contribution is -2.46. The Morgan fingerprint density at radius 3 is 1.95 bits per heavy atom. The van der Waals surface area contributed by atoms with Gasteiger partial charge in [0.25, 0.3) is 0 Å². The van der Waals surface area contributed by atoms with Crippen LogP contribution >= 0.6 is 0 Å². The number of nitrogens with zero attached hydrogens (tertiary/aromatic N) is 2. The number of amides is 4. The zero-order valence-corrected chi connectivity index (χ0v) is 14.4. The summed E-state index contributed by atoms with van der Waals surface area (Å²) in [6.07, 6.45) is 0.522. The molecule has 0 aromatic rings. The molecule has 4 amide bonds. The maximum absolute atomic E-state index is 12.4. The lowest BCUT2D eigenvalue weighted by molar-refractivity contribution is -0.139. The van der Waals surface area contributed by atoms with E-state index in [0.717, 1.165) is 4.90 Å². The Morgan fingerprint density at radius 1 is 1.05 bits per heavy atom. The van der Waals surface area contributed by atoms with Crippen LogP contribution in [0.5, 0.6) is 0 Å². The van der Waals surface area contributed by atoms with Gasteiger partial charge in [0.05, 0.1) is 0 Å². The van der Waals surface area contributed by atoms with E-state index in [1.54, 1.807) is 14.1 Å². The number of hydroxylamine groups is 1. The minimum absolute atomic E-state index is 0.0463. The van der Waals surface area contributed by atoms with Gasteiger partial charge in [-0.25, -0.2) is 10.3 Å². The topological polar surface area (TPSA) is 90.0 Å². The number of carbonyl (C=O) groups excluding carboxylic acids is 3. The molecule has 0 rings (SSSR count). The molecular formula is C15H29N3O4. The van der Waals surface area contributed by atoms with E-state index < -0.39 is 17.9 Å². The third-order valence-electron chi connectivity index (χ3n) is 3.16. The van der Waals surface area contributed by atoms with E-state index >= 15 is 0 Å². The standard InChI is InChI=1S/C15H29N3O4/c1-10(2)7-12(14(20)17(5)6)8-13(19)18(9-11(3)4)15(21)16-22/h10-12,22H,7-9H2,1-6H3,(H,16,21). The number of carbonyl (C=O) groups is 3. The molecule has 7 heteroatoms. The molecule has 128 valence electrons. The molecule has 0 aliphatic heterocycles. The van der Waals surface area contributed by atoms with Crippen LogP contribution in [0.3, 0.4) is 0 Å². The van der Waals surface area contributed by atoms with Crippen molar-refractivity contribution in [1.29, 1.82) is 0 Å². The van der Waals surface area contributed by atoms with Gasteiger partial charge in [-0.05, 0) is 18.3 Å². The van der Waals surface area contributed by atoms with E-state index in [4.69, 9.17) is 5.21 Å². The van der Waals surface area contributed by atoms with Gasteiger partial charge in [0.1, 0.15) is 0 Å². The first kappa shape index (κ1) is 20.4. The first-order valence-electron chi connectivity index (χ1n) is 7.55. The van der Waals surface area contributed by atoms with Crippen LogP contribution in [0.1, 0.15) is 40.5 Å². The van der Waals surface area contributed by atoms with Crippen LogP contribution in [0.4, 0.5) is 4.79 Å². The highest BCUT2D eigenvalue weighted by Crippen LogP contribution is 2.19. The maximum atomic E-state index is 12.4. The molecule has 7 nitrogen and oxygen atoms in total. The van der Waals surface area contributed by atoms with Crippen molar-refractivity contribution in [2.75, 3.05) is 20.6 Å². The summed E-state index contributed by atoms with van der Waals surface area (Å²) in [4.78, 5) is 38.6. The Balaban J connectivity index is 5.09. The Kier molecular flexibility index (Phi) is 8.70. The van der Waals surface area contributed by atoms with Crippen LogP contribution in [-0.2, 0) is 9.59 Å². The van der Waals surface area contributed by atoms with Gasteiger partial charge in [-0.15, -0.1) is 0 Å². The monoisotopic (exact) mass is 315 g/mol. The van der Waals surface area contributed by atoms with Gasteiger partial charge in [0.15, 0.2) is 0 Å². The minimum Gasteiger partial charge on any atom is -0.349 e. The number of urea groups is 1. The van der Waals surface area contributed by atoms with Crippen LogP contribution in [0, 0.1) is 17.8 Å². The van der Waals surface area contributed by atoms with Crippen LogP contribution < -0.4 is 5.48 Å². The highest BCUT2D eigenvalue weighted by atomic mass is 16.5. The highest BCUT2D eigenvalue weighted by Gasteiger charge is 2.29. The van der Waals surface area contributed by atoms with E-state index in [-0.39, 0.29) is 30.7 Å². The quantitative estimate of drug-likeness (QED) is 0.553. The molecule has 1 atom stereocenters. The van der Waals surface area contributed by atoms with E-state index in [1.807, 2.05) is 27.7 Å². The molecule has 0 aliphatic rings. The van der Waals surface area contributed by atoms with Gasteiger partial charge in [0.2, 0.25) is 11.8 Å². The van der Waals surface area contributed by atoms with Crippen molar-refractivity contribution in [1.82, 2.24) is 15.3 Å². The normalized spacial score (nSPS) is 12.2. The minimum atomic E-state index is -0.862. The molecular weight excluding hydrogens is 286 g/mol. The Bertz CT molecular complexity index is 394. The fourth-order valence-corrected chi connectivity index (χ4v) is 2.25. The molecule has 0 spiro atoms. The van der Waals surface area contributed by atoms with Gasteiger partial charge in [-0.2, -0.15) is 0 Å². The lowest BCUT2D eigenvalue weighted by Gasteiger charge is -2.26. The predicted octanol–water partition coefficient (Wildman–Crippen LogP) is 1.71. The molecule has 0 aromatic carbocycles. The largest absolute Gasteiger partial charge is 0.349 e. The smallest absolute Gasteiger partial charge is 0.347 e. The molecule has 22 heavy (non-hydrogen) atoms. The SMILES string of the molecule is CC(C)CC(CC(=O)N(CC(C)C)C(=O)NO)C(=O)N(C)C. The first-order chi connectivity index (χ1) is 10.1. The highest BCUT2D eigenvalue weighted by molar-refractivity contribution is 5.96. The summed E-state index contributed by atoms with van der Waals surface area (Å²) in [5.74, 6) is -0.734. The molecule has 1 unspecified atom stereocenters. The van der Waals surface area contributed by atoms with Crippen LogP contribution in [0.2, 0.25) is 0 Å². The number of hydrogen-bond donors (Lipinski definition) is 2. The average molecular weight is 315 g/mol. The molecule has 2 N–H and O–H groups in total. The summed E-state index contributed by atoms with van der Waals surface area (Å²) in [6, 6.07) is -0.862. The predicted molar refractivity (Wildman–Crippen MR) is 83.1 cm³/mol. The fraction of sp³-hybridized carbons (Fsp3) is 0.800. The van der Waals surface area contributed by atoms with Crippen LogP contribution in [0.25, 0.3) is 0 Å². The van der Waals surface area contributed by atoms with Gasteiger partial charge in [-0.1, -0.05) is 27.7 Å². The summed E-state index contributed by atoms with van der Waals surface area (Å²) in [5.41, 5.74) is 1.49. The zero-order valence-electron chi connectivity index (χ0n) is 14.4. The number of imide groups is 1. The number of rotatable bonds is 7. The zero-order chi connectivity index (χ0) is 17.4. The summed E-state index contributed by atoms with van der Waals surface area (Å²) in [6.45, 7) is 7.87. The van der Waals surface area contributed by atoms with Gasteiger partial charge < -0.3 is 4.90 Å². The molecule has 0 heterocycles. The van der Waals surface area contributed by atoms with E-state index in [0.29, 0.717) is 6.42 Å². The van der Waals surface area contributed by atoms with Gasteiger partial charge in [-0.3, -0.25) is 19.7 Å². The van der Waals surface area contributed by atoms with Crippen molar-refractivity contribution in [3.05, 3.63) is 0 Å². The summed E-state index contributed by atoms with van der Waals surface area (Å²) >= 11 is 0. The molecule has 0 fully saturated rings. The number of hydrogen-bond acceptors (Lipinski definition) is 4. The van der Waals surface area contributed by atoms with Crippen molar-refractivity contribution in [2.45, 2.75) is 40.5 Å². The molecule has 0 bridgehead atoms. The van der Waals surface area contributed by atoms with Crippen molar-refractivity contribution < 1.29 is 19.6 Å². The van der Waals surface area contributed by atoms with Crippen molar-refractivity contribution in [3.63, 3.8) is 0 Å². The van der Waals surface area contributed by atoms with Crippen LogP contribution in [0.15, 0.2) is 0 Å². The lowest BCUT2D eigenvalue weighted by atomic mass is 9.92. The maximum Gasteiger partial charge on any atom is 0.347 e. The first-order valence-corrected chi connectivity index (χ1v) is 7.55. The second-order valence-corrected chi connectivity index (χ2v) is 6.58. The second-order valence-electron chi connectivity index (χ2n) is 6.58.